The fraction of sp³-hybridized carbons (Fsp3) is 0.588. The van der Waals surface area contributed by atoms with E-state index in [2.05, 4.69) is 15.5 Å². The lowest BCUT2D eigenvalue weighted by Gasteiger charge is -2.34. The van der Waals surface area contributed by atoms with E-state index in [0.29, 0.717) is 31.2 Å². The number of imidazole rings is 1. The van der Waals surface area contributed by atoms with Crippen LogP contribution in [0.4, 0.5) is 4.79 Å². The summed E-state index contributed by atoms with van der Waals surface area (Å²) in [6.45, 7) is 3.51. The second kappa shape index (κ2) is 7.69. The molecule has 3 rings (SSSR count). The highest BCUT2D eigenvalue weighted by Gasteiger charge is 2.31. The molecular weight excluding hydrogens is 322 g/mol. The van der Waals surface area contributed by atoms with Gasteiger partial charge in [0.25, 0.3) is 0 Å². The zero-order valence-corrected chi connectivity index (χ0v) is 14.7. The Morgan fingerprint density at radius 2 is 2.40 bits per heavy atom. The summed E-state index contributed by atoms with van der Waals surface area (Å²) >= 11 is 0. The smallest absolute Gasteiger partial charge is 0.317 e. The largest absolute Gasteiger partial charge is 0.385 e. The fourth-order valence-electron chi connectivity index (χ4n) is 3.21. The summed E-state index contributed by atoms with van der Waals surface area (Å²) in [7, 11) is 1.86. The van der Waals surface area contributed by atoms with Crippen LogP contribution in [0.25, 0.3) is 0 Å². The first-order chi connectivity index (χ1) is 12.1. The predicted octanol–water partition coefficient (Wildman–Crippen LogP) is 1.63. The van der Waals surface area contributed by atoms with Crippen molar-refractivity contribution in [2.75, 3.05) is 13.1 Å². The van der Waals surface area contributed by atoms with Crippen molar-refractivity contribution in [3.8, 4) is 0 Å². The quantitative estimate of drug-likeness (QED) is 0.857. The van der Waals surface area contributed by atoms with Gasteiger partial charge in [-0.25, -0.2) is 9.78 Å². The topological polar surface area (TPSA) is 96.4 Å². The van der Waals surface area contributed by atoms with Crippen LogP contribution in [-0.2, 0) is 20.0 Å². The molecule has 136 valence electrons. The number of aliphatic hydroxyl groups is 1. The van der Waals surface area contributed by atoms with Crippen LogP contribution in [-0.4, -0.2) is 43.8 Å². The van der Waals surface area contributed by atoms with Crippen LogP contribution < -0.4 is 5.32 Å². The molecule has 2 amide bonds. The summed E-state index contributed by atoms with van der Waals surface area (Å²) in [5.74, 6) is 1.27. The van der Waals surface area contributed by atoms with E-state index >= 15 is 0 Å². The molecule has 1 aliphatic rings. The minimum atomic E-state index is -0.669. The minimum Gasteiger partial charge on any atom is -0.385 e. The number of likely N-dealkylation sites (tertiary alicyclic amines) is 1. The molecule has 2 N–H and O–H groups in total. The maximum Gasteiger partial charge on any atom is 0.317 e. The highest BCUT2D eigenvalue weighted by Crippen LogP contribution is 2.28. The number of rotatable bonds is 5. The molecule has 0 unspecified atom stereocenters. The van der Waals surface area contributed by atoms with Crippen LogP contribution in [0.1, 0.15) is 43.1 Å². The monoisotopic (exact) mass is 347 g/mol. The summed E-state index contributed by atoms with van der Waals surface area (Å²) in [4.78, 5) is 18.4. The van der Waals surface area contributed by atoms with Gasteiger partial charge in [-0.3, -0.25) is 0 Å². The lowest BCUT2D eigenvalue weighted by atomic mass is 9.92. The number of amides is 2. The van der Waals surface area contributed by atoms with Crippen LogP contribution >= 0.6 is 0 Å². The van der Waals surface area contributed by atoms with E-state index in [1.807, 2.05) is 30.8 Å². The normalized spacial score (nSPS) is 19.0. The molecule has 8 nitrogen and oxygen atoms in total. The van der Waals surface area contributed by atoms with Gasteiger partial charge in [0, 0.05) is 44.5 Å². The van der Waals surface area contributed by atoms with Gasteiger partial charge in [-0.15, -0.1) is 0 Å². The first-order valence-corrected chi connectivity index (χ1v) is 8.71. The molecule has 3 heterocycles. The number of carbonyl (C=O) groups excluding carboxylic acids is 1. The highest BCUT2D eigenvalue weighted by atomic mass is 16.5. The predicted molar refractivity (Wildman–Crippen MR) is 90.6 cm³/mol. The van der Waals surface area contributed by atoms with Crippen molar-refractivity contribution >= 4 is 6.03 Å². The van der Waals surface area contributed by atoms with Crippen molar-refractivity contribution in [2.45, 2.75) is 38.8 Å². The van der Waals surface area contributed by atoms with Crippen LogP contribution in [0, 0.1) is 5.92 Å². The van der Waals surface area contributed by atoms with Crippen molar-refractivity contribution in [3.63, 3.8) is 0 Å². The van der Waals surface area contributed by atoms with Gasteiger partial charge < -0.3 is 24.4 Å². The molecule has 0 spiro atoms. The SMILES string of the molecule is CCc1cc(CNC(=O)N2CCC[C@H]([C@@H](O)c3nccn3C)C2)on1. The number of aliphatic hydroxyl groups excluding tert-OH is 1. The summed E-state index contributed by atoms with van der Waals surface area (Å²) in [6, 6.07) is 1.70. The second-order valence-electron chi connectivity index (χ2n) is 6.49. The number of hydrogen-bond donors (Lipinski definition) is 2. The maximum absolute atomic E-state index is 12.4. The molecule has 0 aliphatic carbocycles. The number of aromatic nitrogens is 3. The van der Waals surface area contributed by atoms with Crippen LogP contribution in [0.15, 0.2) is 23.0 Å². The van der Waals surface area contributed by atoms with E-state index in [4.69, 9.17) is 4.52 Å². The molecule has 8 heteroatoms. The Labute approximate surface area is 146 Å². The zero-order valence-electron chi connectivity index (χ0n) is 14.7. The molecule has 0 aromatic carbocycles. The van der Waals surface area contributed by atoms with E-state index in [-0.39, 0.29) is 11.9 Å². The van der Waals surface area contributed by atoms with Gasteiger partial charge in [0.05, 0.1) is 12.2 Å². The Hall–Kier alpha value is -2.35. The molecule has 0 saturated carbocycles. The number of piperidine rings is 1. The molecule has 2 atom stereocenters. The molecular formula is C17H25N5O3. The summed E-state index contributed by atoms with van der Waals surface area (Å²) in [5.41, 5.74) is 0.875. The number of carbonyl (C=O) groups is 1. The molecule has 25 heavy (non-hydrogen) atoms. The third-order valence-corrected chi connectivity index (χ3v) is 4.70. The summed E-state index contributed by atoms with van der Waals surface area (Å²) < 4.78 is 7.00. The van der Waals surface area contributed by atoms with E-state index in [1.54, 1.807) is 11.1 Å². The number of hydrogen-bond acceptors (Lipinski definition) is 5. The average Bonchev–Trinajstić information content (AvgIpc) is 3.27. The first-order valence-electron chi connectivity index (χ1n) is 8.71. The molecule has 1 saturated heterocycles. The second-order valence-corrected chi connectivity index (χ2v) is 6.49. The molecule has 1 aliphatic heterocycles. The van der Waals surface area contributed by atoms with Gasteiger partial charge in [0.2, 0.25) is 0 Å². The maximum atomic E-state index is 12.4. The van der Waals surface area contributed by atoms with E-state index in [0.717, 1.165) is 25.0 Å². The van der Waals surface area contributed by atoms with Gasteiger partial charge in [-0.2, -0.15) is 0 Å². The molecule has 2 aromatic rings. The zero-order chi connectivity index (χ0) is 17.8. The Morgan fingerprint density at radius 3 is 3.08 bits per heavy atom. The van der Waals surface area contributed by atoms with Gasteiger partial charge >= 0.3 is 6.03 Å². The van der Waals surface area contributed by atoms with Crippen molar-refractivity contribution < 1.29 is 14.4 Å². The van der Waals surface area contributed by atoms with E-state index in [9.17, 15) is 9.90 Å². The number of aryl methyl sites for hydroxylation is 2. The van der Waals surface area contributed by atoms with Crippen molar-refractivity contribution in [1.82, 2.24) is 24.9 Å². The Kier molecular flexibility index (Phi) is 5.37. The number of nitrogens with zero attached hydrogens (tertiary/aromatic N) is 4. The molecule has 0 radical (unpaired) electrons. The van der Waals surface area contributed by atoms with Crippen molar-refractivity contribution in [1.29, 1.82) is 0 Å². The Balaban J connectivity index is 1.55. The summed E-state index contributed by atoms with van der Waals surface area (Å²) in [6.07, 6.45) is 5.36. The van der Waals surface area contributed by atoms with Gasteiger partial charge in [0.1, 0.15) is 11.9 Å². The van der Waals surface area contributed by atoms with Crippen molar-refractivity contribution in [2.24, 2.45) is 13.0 Å². The van der Waals surface area contributed by atoms with Gasteiger partial charge in [0.15, 0.2) is 5.76 Å². The third-order valence-electron chi connectivity index (χ3n) is 4.70. The Morgan fingerprint density at radius 1 is 1.56 bits per heavy atom. The number of nitrogens with one attached hydrogen (secondary N) is 1. The highest BCUT2D eigenvalue weighted by molar-refractivity contribution is 5.74. The molecule has 2 aromatic heterocycles. The first kappa shape index (κ1) is 17.5. The van der Waals surface area contributed by atoms with Crippen molar-refractivity contribution in [3.05, 3.63) is 35.7 Å². The van der Waals surface area contributed by atoms with E-state index in [1.165, 1.54) is 0 Å². The fourth-order valence-corrected chi connectivity index (χ4v) is 3.21. The molecule has 1 fully saturated rings. The van der Waals surface area contributed by atoms with Gasteiger partial charge in [-0.05, 0) is 19.3 Å². The standard InChI is InChI=1S/C17H25N5O3/c1-3-13-9-14(25-20-13)10-19-17(24)22-7-4-5-12(11-22)15(23)16-18-6-8-21(16)2/h6,8-9,12,15,23H,3-5,7,10-11H2,1-2H3,(H,19,24)/t12-,15+/m0/s1. The van der Waals surface area contributed by atoms with Crippen LogP contribution in [0.2, 0.25) is 0 Å². The minimum absolute atomic E-state index is 0.0161. The summed E-state index contributed by atoms with van der Waals surface area (Å²) in [5, 5.41) is 17.4. The van der Waals surface area contributed by atoms with Crippen LogP contribution in [0.3, 0.4) is 0 Å². The van der Waals surface area contributed by atoms with Crippen LogP contribution in [0.5, 0.6) is 0 Å². The molecule has 0 bridgehead atoms. The third kappa shape index (κ3) is 4.01. The Bertz CT molecular complexity index is 711. The lowest BCUT2D eigenvalue weighted by molar-refractivity contribution is 0.0531. The lowest BCUT2D eigenvalue weighted by Crippen LogP contribution is -2.46. The average molecular weight is 347 g/mol. The number of urea groups is 1. The van der Waals surface area contributed by atoms with Gasteiger partial charge in [-0.1, -0.05) is 12.1 Å². The van der Waals surface area contributed by atoms with E-state index < -0.39 is 6.10 Å².